The molecule has 1 aliphatic heterocycles. The first-order valence-electron chi connectivity index (χ1n) is 8.09. The van der Waals surface area contributed by atoms with Gasteiger partial charge in [-0.25, -0.2) is 0 Å². The second-order valence-electron chi connectivity index (χ2n) is 6.07. The molecule has 1 fully saturated rings. The lowest BCUT2D eigenvalue weighted by atomic mass is 9.80. The highest BCUT2D eigenvalue weighted by molar-refractivity contribution is 8.02. The van der Waals surface area contributed by atoms with E-state index in [0.717, 1.165) is 0 Å². The minimum Gasteiger partial charge on any atom is -0.397 e. The lowest BCUT2D eigenvalue weighted by molar-refractivity contribution is 0.1000. The molecule has 2 aliphatic rings. The Kier molecular flexibility index (Phi) is 4.94. The number of nitrogens with one attached hydrogen (secondary N) is 1. The molecule has 0 bridgehead atoms. The SMILES string of the molecule is C1=CSCC1.NC(=O)c1c(N)c2ccc(C3CCC3)cc2[nH]c1=O. The van der Waals surface area contributed by atoms with E-state index in [1.54, 1.807) is 0 Å². The van der Waals surface area contributed by atoms with Crippen molar-refractivity contribution in [3.05, 3.63) is 51.2 Å². The summed E-state index contributed by atoms with van der Waals surface area (Å²) in [6.45, 7) is 0. The summed E-state index contributed by atoms with van der Waals surface area (Å²) in [5.74, 6) is 1.08. The zero-order chi connectivity index (χ0) is 17.1. The number of H-pyrrole nitrogens is 1. The number of rotatable bonds is 2. The smallest absolute Gasteiger partial charge is 0.263 e. The summed E-state index contributed by atoms with van der Waals surface area (Å²) in [6, 6.07) is 5.80. The molecule has 6 heteroatoms. The number of carbonyl (C=O) groups excluding carboxylic acids is 1. The van der Waals surface area contributed by atoms with Crippen molar-refractivity contribution in [2.75, 3.05) is 11.5 Å². The fourth-order valence-electron chi connectivity index (χ4n) is 2.92. The number of carbonyl (C=O) groups is 1. The molecule has 0 unspecified atom stereocenters. The van der Waals surface area contributed by atoms with E-state index in [0.29, 0.717) is 16.8 Å². The normalized spacial score (nSPS) is 16.5. The molecule has 0 radical (unpaired) electrons. The van der Waals surface area contributed by atoms with Gasteiger partial charge in [-0.15, -0.1) is 11.8 Å². The van der Waals surface area contributed by atoms with Crippen LogP contribution in [0.3, 0.4) is 0 Å². The summed E-state index contributed by atoms with van der Waals surface area (Å²) in [4.78, 5) is 25.8. The molecule has 1 amide bonds. The van der Waals surface area contributed by atoms with Gasteiger partial charge in [-0.1, -0.05) is 24.6 Å². The zero-order valence-corrected chi connectivity index (χ0v) is 14.2. The van der Waals surface area contributed by atoms with Crippen molar-refractivity contribution in [3.63, 3.8) is 0 Å². The Bertz CT molecular complexity index is 847. The largest absolute Gasteiger partial charge is 0.397 e. The van der Waals surface area contributed by atoms with E-state index in [1.165, 1.54) is 37.0 Å². The number of nitrogens with two attached hydrogens (primary N) is 2. The first kappa shape index (κ1) is 16.6. The summed E-state index contributed by atoms with van der Waals surface area (Å²) >= 11 is 1.89. The second kappa shape index (κ2) is 7.13. The molecule has 0 spiro atoms. The van der Waals surface area contributed by atoms with Crippen LogP contribution in [0.4, 0.5) is 5.69 Å². The number of anilines is 1. The molecule has 0 saturated heterocycles. The van der Waals surface area contributed by atoms with Gasteiger partial charge in [0.1, 0.15) is 5.56 Å². The number of fused-ring (bicyclic) bond motifs is 1. The standard InChI is InChI=1S/C14H15N3O2.C4H6S/c15-12-9-5-4-8(7-2-1-3-7)6-10(9)17-14(19)11(12)13(16)18;1-2-4-5-3-1/h4-7H,1-3H2,(H2,16,18)(H3,15,17,19);1,3H,2,4H2. The van der Waals surface area contributed by atoms with Crippen LogP contribution in [0.25, 0.3) is 10.9 Å². The fraction of sp³-hybridized carbons (Fsp3) is 0.333. The third kappa shape index (κ3) is 3.33. The maximum absolute atomic E-state index is 11.8. The number of primary amides is 1. The van der Waals surface area contributed by atoms with Crippen LogP contribution in [-0.2, 0) is 0 Å². The molecule has 24 heavy (non-hydrogen) atoms. The van der Waals surface area contributed by atoms with Crippen molar-refractivity contribution in [2.45, 2.75) is 31.6 Å². The number of nitrogen functional groups attached to an aromatic ring is 1. The number of amides is 1. The lowest BCUT2D eigenvalue weighted by Crippen LogP contribution is -2.25. The molecule has 1 aromatic carbocycles. The summed E-state index contributed by atoms with van der Waals surface area (Å²) < 4.78 is 0. The molecular formula is C18H21N3O2S. The van der Waals surface area contributed by atoms with Crippen LogP contribution in [0.15, 0.2) is 34.5 Å². The van der Waals surface area contributed by atoms with Crippen LogP contribution in [-0.4, -0.2) is 16.6 Å². The first-order chi connectivity index (χ1) is 11.6. The minimum atomic E-state index is -0.802. The van der Waals surface area contributed by atoms with Gasteiger partial charge in [-0.05, 0) is 42.2 Å². The van der Waals surface area contributed by atoms with Crippen LogP contribution in [0.1, 0.15) is 47.5 Å². The topological polar surface area (TPSA) is 102 Å². The van der Waals surface area contributed by atoms with Crippen LogP contribution < -0.4 is 17.0 Å². The Morgan fingerprint density at radius 1 is 1.29 bits per heavy atom. The van der Waals surface area contributed by atoms with Crippen molar-refractivity contribution in [2.24, 2.45) is 5.73 Å². The maximum Gasteiger partial charge on any atom is 0.263 e. The average molecular weight is 343 g/mol. The van der Waals surface area contributed by atoms with Gasteiger partial charge in [-0.3, -0.25) is 9.59 Å². The van der Waals surface area contributed by atoms with Gasteiger partial charge in [0, 0.05) is 11.1 Å². The van der Waals surface area contributed by atoms with Crippen molar-refractivity contribution in [1.82, 2.24) is 4.98 Å². The maximum atomic E-state index is 11.8. The van der Waals surface area contributed by atoms with Crippen LogP contribution >= 0.6 is 11.8 Å². The number of aromatic amines is 1. The highest BCUT2D eigenvalue weighted by atomic mass is 32.2. The second-order valence-corrected chi connectivity index (χ2v) is 7.08. The lowest BCUT2D eigenvalue weighted by Gasteiger charge is -2.26. The predicted molar refractivity (Wildman–Crippen MR) is 100 cm³/mol. The Morgan fingerprint density at radius 3 is 2.58 bits per heavy atom. The molecule has 2 aromatic rings. The fourth-order valence-corrected chi connectivity index (χ4v) is 3.60. The van der Waals surface area contributed by atoms with E-state index < -0.39 is 11.5 Å². The molecule has 126 valence electrons. The monoisotopic (exact) mass is 343 g/mol. The van der Waals surface area contributed by atoms with E-state index in [4.69, 9.17) is 11.5 Å². The van der Waals surface area contributed by atoms with E-state index >= 15 is 0 Å². The number of thioether (sulfide) groups is 1. The molecule has 1 saturated carbocycles. The van der Waals surface area contributed by atoms with Crippen LogP contribution in [0.2, 0.25) is 0 Å². The van der Waals surface area contributed by atoms with E-state index in [1.807, 2.05) is 30.0 Å². The van der Waals surface area contributed by atoms with Gasteiger partial charge < -0.3 is 16.5 Å². The number of allylic oxidation sites excluding steroid dienone is 1. The summed E-state index contributed by atoms with van der Waals surface area (Å²) in [5, 5.41) is 2.82. The molecule has 2 heterocycles. The Morgan fingerprint density at radius 2 is 2.08 bits per heavy atom. The predicted octanol–water partition coefficient (Wildman–Crippen LogP) is 3.11. The Balaban J connectivity index is 0.000000290. The summed E-state index contributed by atoms with van der Waals surface area (Å²) in [5.41, 5.74) is 12.4. The quantitative estimate of drug-likeness (QED) is 0.779. The average Bonchev–Trinajstić information content (AvgIpc) is 3.04. The Labute approximate surface area is 144 Å². The molecule has 4 rings (SSSR count). The summed E-state index contributed by atoms with van der Waals surface area (Å²) in [6.07, 6.45) is 7.10. The van der Waals surface area contributed by atoms with Crippen molar-refractivity contribution < 1.29 is 4.79 Å². The van der Waals surface area contributed by atoms with E-state index in [-0.39, 0.29) is 11.3 Å². The minimum absolute atomic E-state index is 0.159. The van der Waals surface area contributed by atoms with Gasteiger partial charge >= 0.3 is 0 Å². The molecule has 0 atom stereocenters. The number of hydrogen-bond acceptors (Lipinski definition) is 4. The number of hydrogen-bond donors (Lipinski definition) is 3. The highest BCUT2D eigenvalue weighted by Gasteiger charge is 2.21. The van der Waals surface area contributed by atoms with Crippen LogP contribution in [0.5, 0.6) is 0 Å². The van der Waals surface area contributed by atoms with E-state index in [2.05, 4.69) is 16.5 Å². The van der Waals surface area contributed by atoms with Crippen LogP contribution in [0, 0.1) is 0 Å². The molecule has 5 N–H and O–H groups in total. The number of pyridine rings is 1. The third-order valence-corrected chi connectivity index (χ3v) is 5.35. The van der Waals surface area contributed by atoms with Crippen molar-refractivity contribution in [1.29, 1.82) is 0 Å². The van der Waals surface area contributed by atoms with Gasteiger partial charge in [0.05, 0.1) is 11.2 Å². The molecule has 1 aliphatic carbocycles. The third-order valence-electron chi connectivity index (χ3n) is 4.50. The molecule has 1 aromatic heterocycles. The van der Waals surface area contributed by atoms with Crippen molar-refractivity contribution >= 4 is 34.3 Å². The molecular weight excluding hydrogens is 322 g/mol. The highest BCUT2D eigenvalue weighted by Crippen LogP contribution is 2.37. The van der Waals surface area contributed by atoms with E-state index in [9.17, 15) is 9.59 Å². The number of aromatic nitrogens is 1. The molecule has 5 nitrogen and oxygen atoms in total. The van der Waals surface area contributed by atoms with Crippen molar-refractivity contribution in [3.8, 4) is 0 Å². The van der Waals surface area contributed by atoms with Gasteiger partial charge in [0.15, 0.2) is 0 Å². The number of benzene rings is 1. The summed E-state index contributed by atoms with van der Waals surface area (Å²) in [7, 11) is 0. The Hall–Kier alpha value is -2.21. The van der Waals surface area contributed by atoms with Gasteiger partial charge in [-0.2, -0.15) is 0 Å². The first-order valence-corrected chi connectivity index (χ1v) is 9.14. The zero-order valence-electron chi connectivity index (χ0n) is 13.4. The van der Waals surface area contributed by atoms with Gasteiger partial charge in [0.2, 0.25) is 0 Å². The van der Waals surface area contributed by atoms with Gasteiger partial charge in [0.25, 0.3) is 11.5 Å².